The fourth-order valence-corrected chi connectivity index (χ4v) is 11.9. The molecule has 0 atom stereocenters. The number of rotatable bonds is 13. The number of para-hydroxylation sites is 3. The van der Waals surface area contributed by atoms with Crippen molar-refractivity contribution >= 4 is 11.6 Å². The molecule has 0 fully saturated rings. The van der Waals surface area contributed by atoms with Gasteiger partial charge in [0, 0.05) is 16.8 Å². The van der Waals surface area contributed by atoms with Crippen LogP contribution in [0.2, 0.25) is 5.02 Å². The summed E-state index contributed by atoms with van der Waals surface area (Å²) >= 11 is 5.74. The molecule has 0 aliphatic carbocycles. The lowest BCUT2D eigenvalue weighted by molar-refractivity contribution is 0.403. The Hall–Kier alpha value is -12.6. The molecule has 1 aromatic heterocycles. The van der Waals surface area contributed by atoms with Crippen LogP contribution >= 0.6 is 11.6 Å². The van der Waals surface area contributed by atoms with Crippen molar-refractivity contribution in [3.63, 3.8) is 0 Å². The number of nitrogens with zero attached hydrogens (tertiary/aromatic N) is 1. The van der Waals surface area contributed by atoms with Crippen molar-refractivity contribution in [2.45, 2.75) is 183 Å². The summed E-state index contributed by atoms with van der Waals surface area (Å²) in [7, 11) is 0. The Morgan fingerprint density at radius 2 is 0.473 bits per heavy atom. The van der Waals surface area contributed by atoms with Gasteiger partial charge in [0.1, 0.15) is 63.4 Å². The van der Waals surface area contributed by atoms with Crippen molar-refractivity contribution in [1.82, 2.24) is 4.98 Å². The Labute approximate surface area is 759 Å². The predicted octanol–water partition coefficient (Wildman–Crippen LogP) is 34.7. The average Bonchev–Trinajstić information content (AvgIpc) is 0.811. The number of hydrogen-bond donors (Lipinski definition) is 0. The number of aromatic nitrogens is 1. The van der Waals surface area contributed by atoms with Crippen molar-refractivity contribution in [2.75, 3.05) is 0 Å². The molecule has 14 rings (SSSR count). The van der Waals surface area contributed by atoms with E-state index >= 15 is 0 Å². The second-order valence-corrected chi connectivity index (χ2v) is 38.0. The molecule has 0 saturated carbocycles. The lowest BCUT2D eigenvalue weighted by atomic mass is 9.87. The topological polar surface area (TPSA) is 68.3 Å². The van der Waals surface area contributed by atoms with Gasteiger partial charge in [-0.3, -0.25) is 4.98 Å². The summed E-state index contributed by atoms with van der Waals surface area (Å²) in [5, 5.41) is 0.529. The molecule has 0 N–H and O–H groups in total. The molecule has 1 heterocycles. The van der Waals surface area contributed by atoms with Crippen LogP contribution < -0.4 is 28.4 Å². The molecule has 0 saturated heterocycles. The minimum atomic E-state index is -0.778. The Morgan fingerprint density at radius 1 is 0.209 bits per heavy atom. The van der Waals surface area contributed by atoms with E-state index in [4.69, 9.17) is 40.0 Å². The highest BCUT2D eigenvalue weighted by molar-refractivity contribution is 6.30. The van der Waals surface area contributed by atoms with Gasteiger partial charge in [0.25, 0.3) is 0 Å². The molecule has 0 radical (unpaired) electrons. The standard InChI is InChI=1S/C16H15ClF2O.C16H15F3O.C16H16F2O.2C16H17FO.C16H18O.C15H16FN/c2*1-16(2,3)10-8-13(18)15(14(19)9-10)20-12-6-4-11(17)5-7-12;1-16(2,3)11-9-13(17)15(14(18)10-11)19-12-7-5-4-6-8-12;1-16(2,3)12-4-8-14(9-5-12)18-15-10-6-13(17)7-11-15;1-16(2,3)12-9-10-15(14(17)11-12)18-13-7-5-4-6-8-13;1-16(2,3)13-9-11-15(12-10-13)17-14-7-5-4-6-8-14;1-15(2,3)12-7-8-14(17-10-12)11-5-4-6-13(16)9-11/h2*4-9H,1-3H3;4-10H,1-3H3;2*4-11H,1-3H3;4-12H,1-3H3;4-10H,1-3H3. The molecular weight excluding hydrogens is 1670 g/mol. The summed E-state index contributed by atoms with van der Waals surface area (Å²) in [5.74, 6) is -1.92. The average molecular weight is 1780 g/mol. The van der Waals surface area contributed by atoms with Crippen LogP contribution in [0, 0.1) is 58.2 Å². The number of pyridine rings is 1. The van der Waals surface area contributed by atoms with Gasteiger partial charge in [0.15, 0.2) is 63.7 Å². The third kappa shape index (κ3) is 32.9. The molecule has 0 aliphatic rings. The van der Waals surface area contributed by atoms with Crippen molar-refractivity contribution in [1.29, 1.82) is 0 Å². The molecule has 13 aromatic carbocycles. The van der Waals surface area contributed by atoms with Gasteiger partial charge in [-0.25, -0.2) is 43.9 Å². The summed E-state index contributed by atoms with van der Waals surface area (Å²) in [6.45, 7) is 42.7. The van der Waals surface area contributed by atoms with Crippen LogP contribution in [0.15, 0.2) is 310 Å². The highest BCUT2D eigenvalue weighted by Gasteiger charge is 2.26. The van der Waals surface area contributed by atoms with Crippen LogP contribution in [-0.2, 0) is 37.9 Å². The molecule has 129 heavy (non-hydrogen) atoms. The van der Waals surface area contributed by atoms with Crippen LogP contribution in [0.5, 0.6) is 69.0 Å². The third-order valence-corrected chi connectivity index (χ3v) is 19.9. The SMILES string of the molecule is CC(C)(C)c1cc(F)c(Oc2ccc(Cl)cc2)c(F)c1.CC(C)(C)c1cc(F)c(Oc2ccc(F)cc2)c(F)c1.CC(C)(C)c1cc(F)c(Oc2ccccc2)c(F)c1.CC(C)(C)c1ccc(-c2cccc(F)c2)nc1.CC(C)(C)c1ccc(Oc2ccc(F)cc2)cc1.CC(C)(C)c1ccc(Oc2ccccc2)c(F)c1.CC(C)(C)c1ccc(Oc2ccccc2)cc1. The molecule has 14 aromatic rings. The third-order valence-electron chi connectivity index (χ3n) is 19.6. The molecule has 0 spiro atoms. The molecule has 18 heteroatoms. The maximum Gasteiger partial charge on any atom is 0.198 e. The minimum Gasteiger partial charge on any atom is -0.457 e. The summed E-state index contributed by atoms with van der Waals surface area (Å²) in [5.41, 5.74) is 7.38. The van der Waals surface area contributed by atoms with E-state index in [9.17, 15) is 43.9 Å². The fourth-order valence-electron chi connectivity index (χ4n) is 11.7. The van der Waals surface area contributed by atoms with E-state index in [1.807, 2.05) is 172 Å². The van der Waals surface area contributed by atoms with Crippen molar-refractivity contribution in [3.8, 4) is 80.3 Å². The largest absolute Gasteiger partial charge is 0.457 e. The highest BCUT2D eigenvalue weighted by atomic mass is 35.5. The first-order chi connectivity index (χ1) is 60.3. The summed E-state index contributed by atoms with van der Waals surface area (Å²) in [4.78, 5) is 4.39. The predicted molar refractivity (Wildman–Crippen MR) is 503 cm³/mol. The van der Waals surface area contributed by atoms with Gasteiger partial charge in [0.2, 0.25) is 0 Å². The zero-order valence-corrected chi connectivity index (χ0v) is 77.8. The lowest BCUT2D eigenvalue weighted by Gasteiger charge is -2.20. The van der Waals surface area contributed by atoms with Crippen molar-refractivity contribution in [2.24, 2.45) is 0 Å². The van der Waals surface area contributed by atoms with Gasteiger partial charge < -0.3 is 28.4 Å². The molecule has 676 valence electrons. The van der Waals surface area contributed by atoms with E-state index in [-0.39, 0.29) is 72.6 Å². The van der Waals surface area contributed by atoms with Crippen molar-refractivity contribution < 1.29 is 72.3 Å². The highest BCUT2D eigenvalue weighted by Crippen LogP contribution is 2.39. The summed E-state index contributed by atoms with van der Waals surface area (Å²) in [6, 6.07) is 84.5. The minimum absolute atomic E-state index is 0.0634. The van der Waals surface area contributed by atoms with E-state index in [1.54, 1.807) is 84.9 Å². The smallest absolute Gasteiger partial charge is 0.198 e. The Bertz CT molecular complexity index is 5680. The Kier molecular flexibility index (Phi) is 35.4. The second-order valence-electron chi connectivity index (χ2n) is 37.6. The van der Waals surface area contributed by atoms with Crippen LogP contribution in [0.4, 0.5) is 43.9 Å². The Balaban J connectivity index is 0.000000186. The van der Waals surface area contributed by atoms with Crippen LogP contribution in [-0.4, -0.2) is 4.98 Å². The fraction of sp³-hybridized carbons (Fsp3) is 0.252. The maximum atomic E-state index is 14.0. The van der Waals surface area contributed by atoms with E-state index in [1.165, 1.54) is 95.6 Å². The number of halogens is 11. The number of benzene rings is 13. The number of ether oxygens (including phenoxy) is 6. The van der Waals surface area contributed by atoms with E-state index in [2.05, 4.69) is 112 Å². The molecule has 0 amide bonds. The zero-order chi connectivity index (χ0) is 95.0. The quantitative estimate of drug-likeness (QED) is 0.107. The van der Waals surface area contributed by atoms with Crippen LogP contribution in [0.25, 0.3) is 11.3 Å². The maximum absolute atomic E-state index is 14.0. The van der Waals surface area contributed by atoms with Gasteiger partial charge >= 0.3 is 0 Å². The summed E-state index contributed by atoms with van der Waals surface area (Å²) in [6.07, 6.45) is 1.86. The van der Waals surface area contributed by atoms with E-state index < -0.39 is 52.2 Å². The molecular formula is C111H114ClF10NO6. The first-order valence-corrected chi connectivity index (χ1v) is 42.4. The monoisotopic (exact) mass is 1780 g/mol. The van der Waals surface area contributed by atoms with Gasteiger partial charge in [-0.05, 0) is 277 Å². The molecule has 0 aliphatic heterocycles. The van der Waals surface area contributed by atoms with E-state index in [0.717, 1.165) is 46.2 Å². The van der Waals surface area contributed by atoms with E-state index in [0.29, 0.717) is 44.7 Å². The lowest BCUT2D eigenvalue weighted by Crippen LogP contribution is -2.12. The number of hydrogen-bond acceptors (Lipinski definition) is 7. The zero-order valence-electron chi connectivity index (χ0n) is 77.0. The van der Waals surface area contributed by atoms with Gasteiger partial charge in [0.05, 0.1) is 5.69 Å². The first kappa shape index (κ1) is 102. The van der Waals surface area contributed by atoms with Crippen molar-refractivity contribution in [3.05, 3.63) is 412 Å². The van der Waals surface area contributed by atoms with Gasteiger partial charge in [-0.2, -0.15) is 0 Å². The van der Waals surface area contributed by atoms with Crippen LogP contribution in [0.3, 0.4) is 0 Å². The van der Waals surface area contributed by atoms with Crippen LogP contribution in [0.1, 0.15) is 184 Å². The molecule has 0 unspecified atom stereocenters. The summed E-state index contributed by atoms with van der Waals surface area (Å²) < 4.78 is 169. The van der Waals surface area contributed by atoms with Gasteiger partial charge in [-0.1, -0.05) is 260 Å². The second kappa shape index (κ2) is 44.9. The molecule has 0 bridgehead atoms. The van der Waals surface area contributed by atoms with Gasteiger partial charge in [-0.15, -0.1) is 0 Å². The first-order valence-electron chi connectivity index (χ1n) is 42.1. The molecule has 7 nitrogen and oxygen atoms in total. The Morgan fingerprint density at radius 3 is 0.767 bits per heavy atom. The normalized spacial score (nSPS) is 11.4.